The molecule has 0 unspecified atom stereocenters. The van der Waals surface area contributed by atoms with Crippen LogP contribution in [0, 0.1) is 6.92 Å². The van der Waals surface area contributed by atoms with E-state index in [9.17, 15) is 14.4 Å². The van der Waals surface area contributed by atoms with Crippen LogP contribution in [0.15, 0.2) is 22.7 Å². The van der Waals surface area contributed by atoms with Gasteiger partial charge in [0, 0.05) is 36.1 Å². The molecule has 7 heteroatoms. The van der Waals surface area contributed by atoms with E-state index in [4.69, 9.17) is 0 Å². The van der Waals surface area contributed by atoms with Crippen molar-refractivity contribution in [1.29, 1.82) is 0 Å². The van der Waals surface area contributed by atoms with E-state index >= 15 is 0 Å². The summed E-state index contributed by atoms with van der Waals surface area (Å²) in [5.74, 6) is -0.407. The molecule has 6 nitrogen and oxygen atoms in total. The van der Waals surface area contributed by atoms with Gasteiger partial charge < -0.3 is 15.5 Å². The number of carbonyl (C=O) groups excluding carboxylic acids is 3. The van der Waals surface area contributed by atoms with Gasteiger partial charge in [-0.1, -0.05) is 29.8 Å². The number of benzene rings is 1. The van der Waals surface area contributed by atoms with Crippen molar-refractivity contribution in [1.82, 2.24) is 10.2 Å². The molecule has 0 aromatic heterocycles. The maximum Gasteiger partial charge on any atom is 0.243 e. The summed E-state index contributed by atoms with van der Waals surface area (Å²) >= 11 is 3.41. The Morgan fingerprint density at radius 2 is 1.70 bits per heavy atom. The summed E-state index contributed by atoms with van der Waals surface area (Å²) in [4.78, 5) is 37.8. The third kappa shape index (κ3) is 9.04. The van der Waals surface area contributed by atoms with Crippen LogP contribution >= 0.6 is 15.9 Å². The molecule has 150 valence electrons. The molecule has 0 saturated heterocycles. The van der Waals surface area contributed by atoms with Crippen molar-refractivity contribution < 1.29 is 14.4 Å². The number of aryl methyl sites for hydroxylation is 1. The van der Waals surface area contributed by atoms with Gasteiger partial charge >= 0.3 is 0 Å². The van der Waals surface area contributed by atoms with E-state index in [1.165, 1.54) is 0 Å². The van der Waals surface area contributed by atoms with Crippen LogP contribution in [-0.2, 0) is 14.4 Å². The first-order chi connectivity index (χ1) is 12.9. The quantitative estimate of drug-likeness (QED) is 0.552. The van der Waals surface area contributed by atoms with Crippen molar-refractivity contribution in [3.63, 3.8) is 0 Å². The van der Waals surface area contributed by atoms with E-state index in [1.807, 2.05) is 37.8 Å². The van der Waals surface area contributed by atoms with Gasteiger partial charge in [-0.2, -0.15) is 0 Å². The minimum absolute atomic E-state index is 0.0836. The predicted octanol–water partition coefficient (Wildman–Crippen LogP) is 3.63. The average molecular weight is 440 g/mol. The van der Waals surface area contributed by atoms with Crippen LogP contribution in [0.1, 0.15) is 51.5 Å². The SMILES string of the molecule is CCCN(CCC)C(=O)CCCC(=O)NCC(=O)Nc1ccc(Br)c(C)c1. The standard InChI is InChI=1S/C20H30BrN3O3/c1-4-11-24(12-5-2)20(27)8-6-7-18(25)22-14-19(26)23-16-9-10-17(21)15(3)13-16/h9-10,13H,4-8,11-12,14H2,1-3H3,(H,22,25)(H,23,26). The van der Waals surface area contributed by atoms with E-state index in [0.717, 1.165) is 36.0 Å². The molecule has 0 saturated carbocycles. The number of nitrogens with zero attached hydrogens (tertiary/aromatic N) is 1. The summed E-state index contributed by atoms with van der Waals surface area (Å²) in [6, 6.07) is 5.51. The number of rotatable bonds is 11. The summed E-state index contributed by atoms with van der Waals surface area (Å²) in [6.07, 6.45) is 2.95. The highest BCUT2D eigenvalue weighted by Gasteiger charge is 2.13. The highest BCUT2D eigenvalue weighted by Crippen LogP contribution is 2.19. The Labute approximate surface area is 170 Å². The van der Waals surface area contributed by atoms with Crippen molar-refractivity contribution in [2.24, 2.45) is 0 Å². The third-order valence-electron chi connectivity index (χ3n) is 4.02. The smallest absolute Gasteiger partial charge is 0.243 e. The fraction of sp³-hybridized carbons (Fsp3) is 0.550. The van der Waals surface area contributed by atoms with Crippen LogP contribution in [0.25, 0.3) is 0 Å². The number of hydrogen-bond donors (Lipinski definition) is 2. The lowest BCUT2D eigenvalue weighted by atomic mass is 10.2. The molecular formula is C20H30BrN3O3. The largest absolute Gasteiger partial charge is 0.347 e. The van der Waals surface area contributed by atoms with Crippen LogP contribution in [-0.4, -0.2) is 42.3 Å². The molecule has 0 aliphatic carbocycles. The monoisotopic (exact) mass is 439 g/mol. The summed E-state index contributed by atoms with van der Waals surface area (Å²) in [5.41, 5.74) is 1.70. The Morgan fingerprint density at radius 3 is 2.30 bits per heavy atom. The summed E-state index contributed by atoms with van der Waals surface area (Å²) < 4.78 is 0.972. The van der Waals surface area contributed by atoms with E-state index < -0.39 is 0 Å². The van der Waals surface area contributed by atoms with Crippen LogP contribution < -0.4 is 10.6 Å². The van der Waals surface area contributed by atoms with Crippen LogP contribution in [0.3, 0.4) is 0 Å². The fourth-order valence-corrected chi connectivity index (χ4v) is 2.90. The lowest BCUT2D eigenvalue weighted by molar-refractivity contribution is -0.131. The zero-order valence-corrected chi connectivity index (χ0v) is 18.0. The minimum atomic E-state index is -0.279. The molecule has 2 N–H and O–H groups in total. The molecule has 0 bridgehead atoms. The Balaban J connectivity index is 2.28. The molecule has 1 aromatic rings. The van der Waals surface area contributed by atoms with Crippen molar-refractivity contribution in [3.05, 3.63) is 28.2 Å². The van der Waals surface area contributed by atoms with Crippen LogP contribution in [0.5, 0.6) is 0 Å². The molecular weight excluding hydrogens is 410 g/mol. The second-order valence-electron chi connectivity index (χ2n) is 6.52. The molecule has 3 amide bonds. The van der Waals surface area contributed by atoms with E-state index in [0.29, 0.717) is 18.5 Å². The van der Waals surface area contributed by atoms with Crippen LogP contribution in [0.2, 0.25) is 0 Å². The van der Waals surface area contributed by atoms with Gasteiger partial charge in [0.1, 0.15) is 0 Å². The second-order valence-corrected chi connectivity index (χ2v) is 7.38. The molecule has 0 spiro atoms. The number of carbonyl (C=O) groups is 3. The van der Waals surface area contributed by atoms with Gasteiger partial charge in [-0.15, -0.1) is 0 Å². The summed E-state index contributed by atoms with van der Waals surface area (Å²) in [6.45, 7) is 7.46. The molecule has 0 fully saturated rings. The van der Waals surface area contributed by atoms with Gasteiger partial charge in [0.15, 0.2) is 0 Å². The molecule has 0 aliphatic rings. The van der Waals surface area contributed by atoms with Crippen molar-refractivity contribution >= 4 is 39.3 Å². The number of amides is 3. The van der Waals surface area contributed by atoms with Crippen molar-refractivity contribution in [3.8, 4) is 0 Å². The Hall–Kier alpha value is -1.89. The minimum Gasteiger partial charge on any atom is -0.347 e. The Bertz CT molecular complexity index is 643. The molecule has 0 aliphatic heterocycles. The highest BCUT2D eigenvalue weighted by molar-refractivity contribution is 9.10. The van der Waals surface area contributed by atoms with E-state index in [1.54, 1.807) is 6.07 Å². The predicted molar refractivity (Wildman–Crippen MR) is 112 cm³/mol. The van der Waals surface area contributed by atoms with Gasteiger partial charge in [0.25, 0.3) is 0 Å². The normalized spacial score (nSPS) is 10.4. The maximum absolute atomic E-state index is 12.2. The lowest BCUT2D eigenvalue weighted by Crippen LogP contribution is -2.34. The first-order valence-electron chi connectivity index (χ1n) is 9.47. The third-order valence-corrected chi connectivity index (χ3v) is 4.91. The van der Waals surface area contributed by atoms with Gasteiger partial charge in [0.2, 0.25) is 17.7 Å². The molecule has 0 heterocycles. The summed E-state index contributed by atoms with van der Waals surface area (Å²) in [7, 11) is 0. The first-order valence-corrected chi connectivity index (χ1v) is 10.3. The number of anilines is 1. The topological polar surface area (TPSA) is 78.5 Å². The molecule has 0 atom stereocenters. The van der Waals surface area contributed by atoms with Crippen molar-refractivity contribution in [2.45, 2.75) is 52.9 Å². The maximum atomic E-state index is 12.2. The van der Waals surface area contributed by atoms with E-state index in [-0.39, 0.29) is 30.7 Å². The molecule has 1 rings (SSSR count). The molecule has 1 aromatic carbocycles. The number of nitrogens with one attached hydrogen (secondary N) is 2. The highest BCUT2D eigenvalue weighted by atomic mass is 79.9. The zero-order valence-electron chi connectivity index (χ0n) is 16.4. The fourth-order valence-electron chi connectivity index (χ4n) is 2.65. The van der Waals surface area contributed by atoms with Gasteiger partial charge in [0.05, 0.1) is 6.54 Å². The van der Waals surface area contributed by atoms with E-state index in [2.05, 4.69) is 26.6 Å². The zero-order chi connectivity index (χ0) is 20.2. The van der Waals surface area contributed by atoms with Crippen molar-refractivity contribution in [2.75, 3.05) is 25.0 Å². The Kier molecular flexibility index (Phi) is 10.7. The lowest BCUT2D eigenvalue weighted by Gasteiger charge is -2.21. The summed E-state index contributed by atoms with van der Waals surface area (Å²) in [5, 5.41) is 5.34. The average Bonchev–Trinajstić information content (AvgIpc) is 2.63. The first kappa shape index (κ1) is 23.1. The molecule has 27 heavy (non-hydrogen) atoms. The van der Waals surface area contributed by atoms with Crippen LogP contribution in [0.4, 0.5) is 5.69 Å². The second kappa shape index (κ2) is 12.5. The van der Waals surface area contributed by atoms with Gasteiger partial charge in [-0.25, -0.2) is 0 Å². The number of halogens is 1. The van der Waals surface area contributed by atoms with Gasteiger partial charge in [-0.3, -0.25) is 14.4 Å². The number of hydrogen-bond acceptors (Lipinski definition) is 3. The van der Waals surface area contributed by atoms with Gasteiger partial charge in [-0.05, 0) is 49.9 Å². The molecule has 0 radical (unpaired) electrons. The Morgan fingerprint density at radius 1 is 1.04 bits per heavy atom.